The van der Waals surface area contributed by atoms with E-state index < -0.39 is 35.7 Å². The molecule has 3 aromatic rings. The van der Waals surface area contributed by atoms with Crippen LogP contribution in [0.3, 0.4) is 0 Å². The van der Waals surface area contributed by atoms with Gasteiger partial charge in [0.1, 0.15) is 0 Å². The third kappa shape index (κ3) is 6.35. The van der Waals surface area contributed by atoms with Crippen molar-refractivity contribution in [3.05, 3.63) is 64.6 Å². The van der Waals surface area contributed by atoms with Gasteiger partial charge < -0.3 is 24.6 Å². The highest BCUT2D eigenvalue weighted by atomic mass is 16.6. The van der Waals surface area contributed by atoms with Crippen molar-refractivity contribution in [3.8, 4) is 11.4 Å². The first-order valence-corrected chi connectivity index (χ1v) is 13.3. The van der Waals surface area contributed by atoms with Gasteiger partial charge in [0, 0.05) is 49.1 Å². The van der Waals surface area contributed by atoms with Gasteiger partial charge in [-0.15, -0.1) is 0 Å². The van der Waals surface area contributed by atoms with E-state index in [4.69, 9.17) is 9.47 Å². The van der Waals surface area contributed by atoms with E-state index in [9.17, 15) is 24.0 Å². The number of ether oxygens (including phenoxy) is 2. The van der Waals surface area contributed by atoms with E-state index in [-0.39, 0.29) is 24.9 Å². The lowest BCUT2D eigenvalue weighted by molar-refractivity contribution is -0.167. The minimum Gasteiger partial charge on any atom is -0.449 e. The topological polar surface area (TPSA) is 164 Å². The van der Waals surface area contributed by atoms with Gasteiger partial charge in [0.15, 0.2) is 11.9 Å². The number of piperidine rings is 1. The van der Waals surface area contributed by atoms with Crippen molar-refractivity contribution in [2.45, 2.75) is 38.4 Å². The second kappa shape index (κ2) is 12.2. The highest BCUT2D eigenvalue weighted by Gasteiger charge is 2.42. The van der Waals surface area contributed by atoms with E-state index in [1.807, 2.05) is 4.90 Å². The van der Waals surface area contributed by atoms with Gasteiger partial charge in [-0.3, -0.25) is 28.7 Å². The zero-order valence-electron chi connectivity index (χ0n) is 22.3. The number of anilines is 2. The third-order valence-electron chi connectivity index (χ3n) is 6.86. The van der Waals surface area contributed by atoms with Crippen LogP contribution in [-0.4, -0.2) is 77.2 Å². The summed E-state index contributed by atoms with van der Waals surface area (Å²) in [5.41, 5.74) is 1.82. The fourth-order valence-electron chi connectivity index (χ4n) is 4.88. The zero-order valence-corrected chi connectivity index (χ0v) is 22.3. The molecule has 2 aromatic carbocycles. The Morgan fingerprint density at radius 1 is 1.05 bits per heavy atom. The maximum atomic E-state index is 13.6. The number of hydrogen-bond acceptors (Lipinski definition) is 9. The highest BCUT2D eigenvalue weighted by molar-refractivity contribution is 6.05. The molecule has 0 spiro atoms. The van der Waals surface area contributed by atoms with Crippen LogP contribution in [0.2, 0.25) is 0 Å². The summed E-state index contributed by atoms with van der Waals surface area (Å²) in [7, 11) is 0. The standard InChI is InChI=1S/C28H29N5O8/c1-17(34)40-22(25(35)29-20-10-8-18(9-11-20)24-30-28(38)41-31-24)23-27(37)33(14-15-39-23)21-7-5-6-19(16-21)26(36)32-12-3-2-4-13-32/h5-11,16,22-23H,2-4,12-15H2,1H3,(H,29,35)(H,30,31,38). The van der Waals surface area contributed by atoms with Crippen LogP contribution in [-0.2, 0) is 23.9 Å². The molecule has 214 valence electrons. The first kappa shape index (κ1) is 27.8. The number of morpholine rings is 1. The van der Waals surface area contributed by atoms with Crippen molar-refractivity contribution in [1.82, 2.24) is 15.0 Å². The molecule has 0 aliphatic carbocycles. The molecule has 2 aliphatic heterocycles. The summed E-state index contributed by atoms with van der Waals surface area (Å²) in [6, 6.07) is 13.1. The van der Waals surface area contributed by atoms with E-state index in [0.29, 0.717) is 35.6 Å². The van der Waals surface area contributed by atoms with Crippen molar-refractivity contribution >= 4 is 35.1 Å². The fraction of sp³-hybridized carbons (Fsp3) is 0.357. The molecule has 2 saturated heterocycles. The van der Waals surface area contributed by atoms with Crippen molar-refractivity contribution in [1.29, 1.82) is 0 Å². The minimum atomic E-state index is -1.58. The Bertz CT molecular complexity index is 1490. The number of aromatic nitrogens is 2. The Labute approximate surface area is 234 Å². The van der Waals surface area contributed by atoms with Gasteiger partial charge in [-0.2, -0.15) is 0 Å². The summed E-state index contributed by atoms with van der Waals surface area (Å²) in [6.07, 6.45) is 0.0320. The monoisotopic (exact) mass is 563 g/mol. The number of amides is 3. The quantitative estimate of drug-likeness (QED) is 0.409. The normalized spacial score (nSPS) is 18.1. The van der Waals surface area contributed by atoms with E-state index in [1.165, 1.54) is 4.90 Å². The fourth-order valence-corrected chi connectivity index (χ4v) is 4.88. The molecule has 0 bridgehead atoms. The Kier molecular flexibility index (Phi) is 8.24. The molecule has 3 amide bonds. The Morgan fingerprint density at radius 3 is 2.49 bits per heavy atom. The highest BCUT2D eigenvalue weighted by Crippen LogP contribution is 2.25. The maximum Gasteiger partial charge on any atom is 0.439 e. The number of likely N-dealkylation sites (tertiary alicyclic amines) is 1. The molecule has 2 fully saturated rings. The number of carbonyl (C=O) groups is 4. The summed E-state index contributed by atoms with van der Waals surface area (Å²) < 4.78 is 15.4. The molecular weight excluding hydrogens is 534 g/mol. The average molecular weight is 564 g/mol. The summed E-state index contributed by atoms with van der Waals surface area (Å²) in [6.45, 7) is 2.80. The van der Waals surface area contributed by atoms with Gasteiger partial charge in [0.05, 0.1) is 6.61 Å². The number of hydrogen-bond donors (Lipinski definition) is 2. The van der Waals surface area contributed by atoms with Gasteiger partial charge in [0.25, 0.3) is 17.7 Å². The number of esters is 1. The van der Waals surface area contributed by atoms with Crippen molar-refractivity contribution in [2.24, 2.45) is 0 Å². The molecule has 2 N–H and O–H groups in total. The first-order chi connectivity index (χ1) is 19.8. The molecule has 13 heteroatoms. The summed E-state index contributed by atoms with van der Waals surface area (Å²) >= 11 is 0. The zero-order chi connectivity index (χ0) is 28.9. The number of aromatic amines is 1. The van der Waals surface area contributed by atoms with Gasteiger partial charge in [-0.1, -0.05) is 11.2 Å². The predicted octanol–water partition coefficient (Wildman–Crippen LogP) is 1.96. The number of rotatable bonds is 7. The molecular formula is C28H29N5O8. The van der Waals surface area contributed by atoms with Crippen LogP contribution < -0.4 is 16.0 Å². The van der Waals surface area contributed by atoms with Crippen LogP contribution in [0.15, 0.2) is 57.8 Å². The van der Waals surface area contributed by atoms with Crippen LogP contribution in [0.4, 0.5) is 11.4 Å². The van der Waals surface area contributed by atoms with Crippen LogP contribution >= 0.6 is 0 Å². The Hall–Kier alpha value is -4.78. The number of benzene rings is 2. The maximum absolute atomic E-state index is 13.6. The van der Waals surface area contributed by atoms with Crippen LogP contribution in [0.25, 0.3) is 11.4 Å². The van der Waals surface area contributed by atoms with Crippen molar-refractivity contribution < 1.29 is 33.2 Å². The van der Waals surface area contributed by atoms with Gasteiger partial charge in [-0.25, -0.2) is 4.79 Å². The van der Waals surface area contributed by atoms with Crippen LogP contribution in [0.1, 0.15) is 36.5 Å². The first-order valence-electron chi connectivity index (χ1n) is 13.3. The molecule has 0 radical (unpaired) electrons. The molecule has 3 heterocycles. The average Bonchev–Trinajstić information content (AvgIpc) is 3.42. The number of nitrogens with zero attached hydrogens (tertiary/aromatic N) is 3. The van der Waals surface area contributed by atoms with Crippen LogP contribution in [0, 0.1) is 0 Å². The van der Waals surface area contributed by atoms with Crippen LogP contribution in [0.5, 0.6) is 0 Å². The van der Waals surface area contributed by atoms with E-state index in [2.05, 4.69) is 20.0 Å². The number of nitrogens with one attached hydrogen (secondary N) is 2. The van der Waals surface area contributed by atoms with E-state index in [1.54, 1.807) is 48.5 Å². The third-order valence-corrected chi connectivity index (χ3v) is 6.86. The van der Waals surface area contributed by atoms with Gasteiger partial charge in [-0.05, 0) is 61.7 Å². The Balaban J connectivity index is 1.32. The van der Waals surface area contributed by atoms with Gasteiger partial charge in [0.2, 0.25) is 6.10 Å². The summed E-state index contributed by atoms with van der Waals surface area (Å²) in [5, 5.41) is 6.24. The largest absolute Gasteiger partial charge is 0.449 e. The SMILES string of the molecule is CC(=O)OC(C(=O)Nc1ccc(-c2noc(=O)[nH]2)cc1)C1OCCN(c2cccc(C(=O)N3CCCCC3)c2)C1=O. The molecule has 5 rings (SSSR count). The minimum absolute atomic E-state index is 0.0797. The van der Waals surface area contributed by atoms with Crippen molar-refractivity contribution in [3.63, 3.8) is 0 Å². The van der Waals surface area contributed by atoms with Gasteiger partial charge >= 0.3 is 11.7 Å². The summed E-state index contributed by atoms with van der Waals surface area (Å²) in [4.78, 5) is 68.7. The molecule has 13 nitrogen and oxygen atoms in total. The molecule has 2 unspecified atom stereocenters. The molecule has 2 atom stereocenters. The molecule has 0 saturated carbocycles. The number of H-pyrrole nitrogens is 1. The lowest BCUT2D eigenvalue weighted by atomic mass is 10.1. The van der Waals surface area contributed by atoms with E-state index >= 15 is 0 Å². The molecule has 1 aromatic heterocycles. The van der Waals surface area contributed by atoms with E-state index in [0.717, 1.165) is 26.2 Å². The lowest BCUT2D eigenvalue weighted by Crippen LogP contribution is -2.56. The van der Waals surface area contributed by atoms with Crippen molar-refractivity contribution in [2.75, 3.05) is 36.5 Å². The number of carbonyl (C=O) groups excluding carboxylic acids is 4. The summed E-state index contributed by atoms with van der Waals surface area (Å²) in [5.74, 6) is -2.69. The predicted molar refractivity (Wildman–Crippen MR) is 145 cm³/mol. The molecule has 2 aliphatic rings. The Morgan fingerprint density at radius 2 is 1.80 bits per heavy atom. The smallest absolute Gasteiger partial charge is 0.439 e. The lowest BCUT2D eigenvalue weighted by Gasteiger charge is -2.35. The second-order valence-corrected chi connectivity index (χ2v) is 9.72. The molecule has 41 heavy (non-hydrogen) atoms. The second-order valence-electron chi connectivity index (χ2n) is 9.72.